The van der Waals surface area contributed by atoms with E-state index in [9.17, 15) is 0 Å². The average molecular weight is 311 g/mol. The lowest BCUT2D eigenvalue weighted by molar-refractivity contribution is 0.0317. The Morgan fingerprint density at radius 2 is 1.70 bits per heavy atom. The molecule has 1 aliphatic heterocycles. The van der Waals surface area contributed by atoms with Gasteiger partial charge in [-0.1, -0.05) is 48.0 Å². The molecule has 0 bridgehead atoms. The largest absolute Gasteiger partial charge is 0.486 e. The van der Waals surface area contributed by atoms with Gasteiger partial charge in [0, 0.05) is 26.1 Å². The third-order valence-corrected chi connectivity index (χ3v) is 4.28. The second-order valence-corrected chi connectivity index (χ2v) is 6.07. The van der Waals surface area contributed by atoms with Crippen molar-refractivity contribution in [3.8, 4) is 5.75 Å². The SMILES string of the molecule is Cc1ccc(OC(CCN2CCOCC2)c2ccccc2)cc1. The molecule has 23 heavy (non-hydrogen) atoms. The second-order valence-electron chi connectivity index (χ2n) is 6.07. The Hall–Kier alpha value is -1.84. The number of rotatable bonds is 6. The molecule has 1 aliphatic rings. The van der Waals surface area contributed by atoms with Crippen molar-refractivity contribution in [1.29, 1.82) is 0 Å². The molecule has 1 saturated heterocycles. The van der Waals surface area contributed by atoms with Crippen molar-refractivity contribution >= 4 is 0 Å². The van der Waals surface area contributed by atoms with E-state index in [-0.39, 0.29) is 6.10 Å². The molecule has 0 radical (unpaired) electrons. The maximum absolute atomic E-state index is 6.29. The lowest BCUT2D eigenvalue weighted by Crippen LogP contribution is -2.37. The number of nitrogens with zero attached hydrogens (tertiary/aromatic N) is 1. The number of hydrogen-bond acceptors (Lipinski definition) is 3. The van der Waals surface area contributed by atoms with Crippen LogP contribution in [-0.2, 0) is 4.74 Å². The lowest BCUT2D eigenvalue weighted by atomic mass is 10.1. The molecule has 0 aliphatic carbocycles. The second kappa shape index (κ2) is 8.14. The number of aryl methyl sites for hydroxylation is 1. The van der Waals surface area contributed by atoms with Crippen LogP contribution >= 0.6 is 0 Å². The number of morpholine rings is 1. The first-order chi connectivity index (χ1) is 11.3. The molecule has 122 valence electrons. The summed E-state index contributed by atoms with van der Waals surface area (Å²) in [5.74, 6) is 0.937. The topological polar surface area (TPSA) is 21.7 Å². The van der Waals surface area contributed by atoms with Crippen LogP contribution in [0.4, 0.5) is 0 Å². The van der Waals surface area contributed by atoms with E-state index in [1.807, 2.05) is 0 Å². The Balaban J connectivity index is 1.67. The Morgan fingerprint density at radius 3 is 2.39 bits per heavy atom. The number of hydrogen-bond donors (Lipinski definition) is 0. The van der Waals surface area contributed by atoms with E-state index in [1.54, 1.807) is 0 Å². The highest BCUT2D eigenvalue weighted by Gasteiger charge is 2.17. The van der Waals surface area contributed by atoms with Crippen LogP contribution in [0.5, 0.6) is 5.75 Å². The first-order valence-corrected chi connectivity index (χ1v) is 8.39. The lowest BCUT2D eigenvalue weighted by Gasteiger charge is -2.28. The summed E-state index contributed by atoms with van der Waals surface area (Å²) in [6.45, 7) is 6.85. The molecule has 2 aromatic carbocycles. The molecular formula is C20H25NO2. The molecule has 3 heteroatoms. The van der Waals surface area contributed by atoms with E-state index in [0.29, 0.717) is 0 Å². The minimum absolute atomic E-state index is 0.0850. The van der Waals surface area contributed by atoms with Crippen molar-refractivity contribution in [2.75, 3.05) is 32.8 Å². The molecule has 1 unspecified atom stereocenters. The summed E-state index contributed by atoms with van der Waals surface area (Å²) in [6, 6.07) is 18.8. The van der Waals surface area contributed by atoms with Gasteiger partial charge in [0.25, 0.3) is 0 Å². The van der Waals surface area contributed by atoms with Gasteiger partial charge < -0.3 is 9.47 Å². The molecule has 0 N–H and O–H groups in total. The summed E-state index contributed by atoms with van der Waals surface area (Å²) < 4.78 is 11.7. The quantitative estimate of drug-likeness (QED) is 0.809. The summed E-state index contributed by atoms with van der Waals surface area (Å²) in [7, 11) is 0. The summed E-state index contributed by atoms with van der Waals surface area (Å²) in [5.41, 5.74) is 2.49. The number of ether oxygens (including phenoxy) is 2. The smallest absolute Gasteiger partial charge is 0.125 e. The Labute approximate surface area is 138 Å². The third kappa shape index (κ3) is 4.81. The monoisotopic (exact) mass is 311 g/mol. The maximum atomic E-state index is 6.29. The average Bonchev–Trinajstić information content (AvgIpc) is 2.62. The van der Waals surface area contributed by atoms with E-state index < -0.39 is 0 Å². The fraction of sp³-hybridized carbons (Fsp3) is 0.400. The van der Waals surface area contributed by atoms with E-state index >= 15 is 0 Å². The molecule has 3 rings (SSSR count). The van der Waals surface area contributed by atoms with Crippen molar-refractivity contribution in [3.63, 3.8) is 0 Å². The van der Waals surface area contributed by atoms with Crippen LogP contribution in [0, 0.1) is 6.92 Å². The Morgan fingerprint density at radius 1 is 1.00 bits per heavy atom. The van der Waals surface area contributed by atoms with Gasteiger partial charge in [-0.25, -0.2) is 0 Å². The highest BCUT2D eigenvalue weighted by molar-refractivity contribution is 5.28. The van der Waals surface area contributed by atoms with Crippen LogP contribution in [0.15, 0.2) is 54.6 Å². The molecular weight excluding hydrogens is 286 g/mol. The van der Waals surface area contributed by atoms with E-state index in [2.05, 4.69) is 66.4 Å². The zero-order valence-electron chi connectivity index (χ0n) is 13.8. The molecule has 1 fully saturated rings. The van der Waals surface area contributed by atoms with Gasteiger partial charge in [0.1, 0.15) is 11.9 Å². The van der Waals surface area contributed by atoms with Crippen LogP contribution in [0.1, 0.15) is 23.7 Å². The highest BCUT2D eigenvalue weighted by Crippen LogP contribution is 2.25. The van der Waals surface area contributed by atoms with Crippen molar-refractivity contribution in [3.05, 3.63) is 65.7 Å². The fourth-order valence-electron chi connectivity index (χ4n) is 2.87. The summed E-state index contributed by atoms with van der Waals surface area (Å²) >= 11 is 0. The standard InChI is InChI=1S/C20H25NO2/c1-17-7-9-19(10-8-17)23-20(18-5-3-2-4-6-18)11-12-21-13-15-22-16-14-21/h2-10,20H,11-16H2,1H3. The van der Waals surface area contributed by atoms with Crippen molar-refractivity contribution < 1.29 is 9.47 Å². The van der Waals surface area contributed by atoms with E-state index in [1.165, 1.54) is 11.1 Å². The van der Waals surface area contributed by atoms with Gasteiger partial charge in [-0.3, -0.25) is 4.90 Å². The van der Waals surface area contributed by atoms with Crippen LogP contribution in [0.25, 0.3) is 0 Å². The first-order valence-electron chi connectivity index (χ1n) is 8.39. The van der Waals surface area contributed by atoms with E-state index in [0.717, 1.165) is 45.0 Å². The Kier molecular flexibility index (Phi) is 5.67. The van der Waals surface area contributed by atoms with Gasteiger partial charge in [-0.2, -0.15) is 0 Å². The minimum Gasteiger partial charge on any atom is -0.486 e. The highest BCUT2D eigenvalue weighted by atomic mass is 16.5. The molecule has 0 spiro atoms. The predicted octanol–water partition coefficient (Wildman–Crippen LogP) is 3.84. The molecule has 0 aromatic heterocycles. The zero-order chi connectivity index (χ0) is 15.9. The van der Waals surface area contributed by atoms with Crippen molar-refractivity contribution in [2.45, 2.75) is 19.4 Å². The van der Waals surface area contributed by atoms with Crippen LogP contribution in [0.2, 0.25) is 0 Å². The van der Waals surface area contributed by atoms with Crippen LogP contribution in [-0.4, -0.2) is 37.7 Å². The van der Waals surface area contributed by atoms with Gasteiger partial charge in [-0.15, -0.1) is 0 Å². The Bertz CT molecular complexity index is 576. The molecule has 0 amide bonds. The molecule has 3 nitrogen and oxygen atoms in total. The molecule has 1 atom stereocenters. The van der Waals surface area contributed by atoms with Crippen LogP contribution < -0.4 is 4.74 Å². The molecule has 2 aromatic rings. The fourth-order valence-corrected chi connectivity index (χ4v) is 2.87. The van der Waals surface area contributed by atoms with E-state index in [4.69, 9.17) is 9.47 Å². The normalized spacial score (nSPS) is 16.9. The van der Waals surface area contributed by atoms with Gasteiger partial charge in [-0.05, 0) is 24.6 Å². The summed E-state index contributed by atoms with van der Waals surface area (Å²) in [6.07, 6.45) is 1.07. The van der Waals surface area contributed by atoms with Gasteiger partial charge in [0.05, 0.1) is 13.2 Å². The zero-order valence-corrected chi connectivity index (χ0v) is 13.8. The molecule has 1 heterocycles. The molecule has 0 saturated carbocycles. The minimum atomic E-state index is 0.0850. The predicted molar refractivity (Wildman–Crippen MR) is 92.9 cm³/mol. The maximum Gasteiger partial charge on any atom is 0.125 e. The van der Waals surface area contributed by atoms with Crippen LogP contribution in [0.3, 0.4) is 0 Å². The first kappa shape index (κ1) is 16.0. The summed E-state index contributed by atoms with van der Waals surface area (Å²) in [4.78, 5) is 2.46. The third-order valence-electron chi connectivity index (χ3n) is 4.28. The summed E-state index contributed by atoms with van der Waals surface area (Å²) in [5, 5.41) is 0. The van der Waals surface area contributed by atoms with Gasteiger partial charge >= 0.3 is 0 Å². The van der Waals surface area contributed by atoms with Crippen molar-refractivity contribution in [2.24, 2.45) is 0 Å². The number of benzene rings is 2. The van der Waals surface area contributed by atoms with Gasteiger partial charge in [0.15, 0.2) is 0 Å². The van der Waals surface area contributed by atoms with Gasteiger partial charge in [0.2, 0.25) is 0 Å². The van der Waals surface area contributed by atoms with Crippen molar-refractivity contribution in [1.82, 2.24) is 4.90 Å².